The van der Waals surface area contributed by atoms with Crippen LogP contribution in [-0.2, 0) is 0 Å². The van der Waals surface area contributed by atoms with Gasteiger partial charge in [-0.25, -0.2) is 9.97 Å². The Balaban J connectivity index is 1.64. The smallest absolute Gasteiger partial charge is 0.113 e. The van der Waals surface area contributed by atoms with Crippen molar-refractivity contribution in [1.29, 1.82) is 0 Å². The molecule has 4 rings (SSSR count). The first-order valence-electron chi connectivity index (χ1n) is 10.9. The molecular weight excluding hydrogens is 382 g/mol. The summed E-state index contributed by atoms with van der Waals surface area (Å²) in [7, 11) is 0. The molecule has 4 N–H and O–H groups in total. The van der Waals surface area contributed by atoms with Crippen LogP contribution in [0.5, 0.6) is 0 Å². The molecule has 158 valence electrons. The topological polar surface area (TPSA) is 75.9 Å². The maximum absolute atomic E-state index is 5.53. The van der Waals surface area contributed by atoms with Crippen molar-refractivity contribution in [2.24, 2.45) is 5.73 Å². The van der Waals surface area contributed by atoms with Gasteiger partial charge in [0.25, 0.3) is 0 Å². The first-order valence-corrected chi connectivity index (χ1v) is 10.9. The van der Waals surface area contributed by atoms with Crippen LogP contribution in [0.25, 0.3) is 33.5 Å². The van der Waals surface area contributed by atoms with E-state index in [0.29, 0.717) is 0 Å². The van der Waals surface area contributed by atoms with E-state index in [1.165, 1.54) is 0 Å². The van der Waals surface area contributed by atoms with E-state index in [4.69, 9.17) is 15.7 Å². The summed E-state index contributed by atoms with van der Waals surface area (Å²) in [6.07, 6.45) is 2.04. The molecule has 0 bridgehead atoms. The van der Waals surface area contributed by atoms with Gasteiger partial charge in [-0.3, -0.25) is 0 Å². The number of hydrogen-bond acceptors (Lipinski definition) is 5. The van der Waals surface area contributed by atoms with Gasteiger partial charge in [0.1, 0.15) is 5.52 Å². The highest BCUT2D eigenvalue weighted by molar-refractivity contribution is 5.93. The summed E-state index contributed by atoms with van der Waals surface area (Å²) in [4.78, 5) is 10.1. The maximum Gasteiger partial charge on any atom is 0.113 e. The van der Waals surface area contributed by atoms with Crippen molar-refractivity contribution in [3.8, 4) is 22.5 Å². The standard InChI is InChI=1S/C26H29N5/c27-16-8-17-28-18-9-19-29-22-14-7-15-23-26(22)31-25(21-12-5-2-6-13-21)24(30-23)20-10-3-1-4-11-20/h1-7,10-15,28-29H,8-9,16-19,27H2. The van der Waals surface area contributed by atoms with Gasteiger partial charge >= 0.3 is 0 Å². The molecule has 5 nitrogen and oxygen atoms in total. The van der Waals surface area contributed by atoms with E-state index >= 15 is 0 Å². The van der Waals surface area contributed by atoms with E-state index < -0.39 is 0 Å². The molecule has 0 aliphatic heterocycles. The Hall–Kier alpha value is -3.28. The van der Waals surface area contributed by atoms with E-state index in [0.717, 1.165) is 78.3 Å². The molecule has 0 spiro atoms. The van der Waals surface area contributed by atoms with Gasteiger partial charge in [0.2, 0.25) is 0 Å². The molecule has 0 unspecified atom stereocenters. The normalized spacial score (nSPS) is 11.0. The van der Waals surface area contributed by atoms with Crippen molar-refractivity contribution in [3.63, 3.8) is 0 Å². The van der Waals surface area contributed by atoms with Gasteiger partial charge in [-0.1, -0.05) is 66.7 Å². The molecule has 0 saturated heterocycles. The quantitative estimate of drug-likeness (QED) is 0.330. The Morgan fingerprint density at radius 1 is 0.645 bits per heavy atom. The van der Waals surface area contributed by atoms with Crippen molar-refractivity contribution in [3.05, 3.63) is 78.9 Å². The number of anilines is 1. The summed E-state index contributed by atoms with van der Waals surface area (Å²) < 4.78 is 0. The Kier molecular flexibility index (Phi) is 7.21. The minimum absolute atomic E-state index is 0.731. The summed E-state index contributed by atoms with van der Waals surface area (Å²) in [5.41, 5.74) is 12.3. The Bertz CT molecular complexity index is 1100. The van der Waals surface area contributed by atoms with Crippen LogP contribution in [0.15, 0.2) is 78.9 Å². The lowest BCUT2D eigenvalue weighted by atomic mass is 10.0. The maximum atomic E-state index is 5.53. The van der Waals surface area contributed by atoms with Gasteiger partial charge in [-0.2, -0.15) is 0 Å². The molecule has 0 saturated carbocycles. The van der Waals surface area contributed by atoms with Crippen LogP contribution in [0.1, 0.15) is 12.8 Å². The molecule has 4 aromatic rings. The fraction of sp³-hybridized carbons (Fsp3) is 0.231. The second-order valence-corrected chi connectivity index (χ2v) is 7.50. The minimum atomic E-state index is 0.731. The van der Waals surface area contributed by atoms with Crippen molar-refractivity contribution in [2.75, 3.05) is 31.5 Å². The third-order valence-electron chi connectivity index (χ3n) is 5.19. The predicted octanol–water partition coefficient (Wildman–Crippen LogP) is 4.70. The lowest BCUT2D eigenvalue weighted by Gasteiger charge is -2.14. The fourth-order valence-electron chi connectivity index (χ4n) is 3.60. The highest BCUT2D eigenvalue weighted by Gasteiger charge is 2.14. The molecule has 0 fully saturated rings. The van der Waals surface area contributed by atoms with E-state index in [2.05, 4.69) is 41.0 Å². The first kappa shape index (κ1) is 21.0. The van der Waals surface area contributed by atoms with Crippen LogP contribution in [0.2, 0.25) is 0 Å². The number of nitrogens with two attached hydrogens (primary N) is 1. The zero-order valence-corrected chi connectivity index (χ0v) is 17.7. The second kappa shape index (κ2) is 10.7. The third-order valence-corrected chi connectivity index (χ3v) is 5.19. The molecule has 5 heteroatoms. The lowest BCUT2D eigenvalue weighted by Crippen LogP contribution is -2.21. The van der Waals surface area contributed by atoms with Gasteiger partial charge in [0.05, 0.1) is 22.6 Å². The molecule has 0 radical (unpaired) electrons. The molecule has 0 aliphatic rings. The Morgan fingerprint density at radius 2 is 1.29 bits per heavy atom. The predicted molar refractivity (Wildman–Crippen MR) is 130 cm³/mol. The van der Waals surface area contributed by atoms with E-state index in [1.807, 2.05) is 48.5 Å². The molecule has 0 atom stereocenters. The Morgan fingerprint density at radius 3 is 1.97 bits per heavy atom. The number of hydrogen-bond donors (Lipinski definition) is 3. The van der Waals surface area contributed by atoms with E-state index in [9.17, 15) is 0 Å². The highest BCUT2D eigenvalue weighted by Crippen LogP contribution is 2.32. The van der Waals surface area contributed by atoms with Crippen LogP contribution in [-0.4, -0.2) is 36.1 Å². The van der Waals surface area contributed by atoms with Crippen molar-refractivity contribution >= 4 is 16.7 Å². The summed E-state index contributed by atoms with van der Waals surface area (Å²) in [6, 6.07) is 26.7. The van der Waals surface area contributed by atoms with E-state index in [1.54, 1.807) is 0 Å². The SMILES string of the molecule is NCCCNCCCNc1cccc2nc(-c3ccccc3)c(-c3ccccc3)nc12. The van der Waals surface area contributed by atoms with Gasteiger partial charge in [-0.15, -0.1) is 0 Å². The molecule has 1 heterocycles. The average molecular weight is 412 g/mol. The minimum Gasteiger partial charge on any atom is -0.383 e. The van der Waals surface area contributed by atoms with Gasteiger partial charge in [0, 0.05) is 17.7 Å². The van der Waals surface area contributed by atoms with Crippen molar-refractivity contribution in [1.82, 2.24) is 15.3 Å². The van der Waals surface area contributed by atoms with E-state index in [-0.39, 0.29) is 0 Å². The van der Waals surface area contributed by atoms with Gasteiger partial charge < -0.3 is 16.4 Å². The van der Waals surface area contributed by atoms with Crippen LogP contribution in [0.3, 0.4) is 0 Å². The highest BCUT2D eigenvalue weighted by atomic mass is 14.9. The average Bonchev–Trinajstić information content (AvgIpc) is 2.84. The van der Waals surface area contributed by atoms with Gasteiger partial charge in [0.15, 0.2) is 0 Å². The summed E-state index contributed by atoms with van der Waals surface area (Å²) >= 11 is 0. The second-order valence-electron chi connectivity index (χ2n) is 7.50. The molecule has 31 heavy (non-hydrogen) atoms. The zero-order chi connectivity index (χ0) is 21.3. The van der Waals surface area contributed by atoms with Crippen LogP contribution >= 0.6 is 0 Å². The summed E-state index contributed by atoms with van der Waals surface area (Å²) in [5, 5.41) is 6.97. The molecule has 1 aromatic heterocycles. The van der Waals surface area contributed by atoms with Crippen LogP contribution < -0.4 is 16.4 Å². The molecular formula is C26H29N5. The van der Waals surface area contributed by atoms with Crippen molar-refractivity contribution < 1.29 is 0 Å². The fourth-order valence-corrected chi connectivity index (χ4v) is 3.60. The summed E-state index contributed by atoms with van der Waals surface area (Å²) in [5.74, 6) is 0. The molecule has 0 aliphatic carbocycles. The summed E-state index contributed by atoms with van der Waals surface area (Å²) in [6.45, 7) is 3.54. The number of nitrogens with one attached hydrogen (secondary N) is 2. The third kappa shape index (κ3) is 5.26. The largest absolute Gasteiger partial charge is 0.383 e. The number of fused-ring (bicyclic) bond motifs is 1. The monoisotopic (exact) mass is 411 g/mol. The van der Waals surface area contributed by atoms with Crippen molar-refractivity contribution in [2.45, 2.75) is 12.8 Å². The number of benzene rings is 3. The molecule has 3 aromatic carbocycles. The number of para-hydroxylation sites is 1. The van der Waals surface area contributed by atoms with Gasteiger partial charge in [-0.05, 0) is 44.6 Å². The first-order chi connectivity index (χ1) is 15.4. The number of nitrogens with zero attached hydrogens (tertiary/aromatic N) is 2. The number of rotatable bonds is 10. The van der Waals surface area contributed by atoms with Crippen LogP contribution in [0, 0.1) is 0 Å². The number of aromatic nitrogens is 2. The molecule has 0 amide bonds. The van der Waals surface area contributed by atoms with Crippen LogP contribution in [0.4, 0.5) is 5.69 Å². The zero-order valence-electron chi connectivity index (χ0n) is 17.7. The lowest BCUT2D eigenvalue weighted by molar-refractivity contribution is 0.637. The Labute approximate surface area is 183 Å².